The van der Waals surface area contributed by atoms with E-state index in [9.17, 15) is 13.2 Å². The van der Waals surface area contributed by atoms with Gasteiger partial charge in [0.2, 0.25) is 10.0 Å². The van der Waals surface area contributed by atoms with Crippen molar-refractivity contribution in [2.24, 2.45) is 0 Å². The molecule has 0 amide bonds. The van der Waals surface area contributed by atoms with Crippen molar-refractivity contribution in [3.63, 3.8) is 0 Å². The zero-order chi connectivity index (χ0) is 12.2. The second kappa shape index (κ2) is 5.04. The Kier molecular flexibility index (Phi) is 3.97. The summed E-state index contributed by atoms with van der Waals surface area (Å²) in [7, 11) is -1.17. The maximum absolute atomic E-state index is 11.9. The van der Waals surface area contributed by atoms with E-state index in [1.165, 1.54) is 38.7 Å². The number of likely N-dealkylation sites (N-methyl/N-ethyl adjacent to an activating group) is 1. The highest BCUT2D eigenvalue weighted by Gasteiger charge is 2.23. The minimum atomic E-state index is -3.67. The van der Waals surface area contributed by atoms with Gasteiger partial charge in [-0.25, -0.2) is 8.42 Å². The summed E-state index contributed by atoms with van der Waals surface area (Å²) in [5.74, 6) is -0.616. The third-order valence-electron chi connectivity index (χ3n) is 1.92. The molecule has 1 aromatic rings. The van der Waals surface area contributed by atoms with Crippen LogP contribution in [0.25, 0.3) is 0 Å². The van der Waals surface area contributed by atoms with E-state index in [-0.39, 0.29) is 11.4 Å². The fourth-order valence-corrected chi connectivity index (χ4v) is 2.09. The van der Waals surface area contributed by atoms with Crippen molar-refractivity contribution in [1.29, 1.82) is 0 Å². The zero-order valence-electron chi connectivity index (χ0n) is 8.95. The minimum Gasteiger partial charge on any atom is -0.468 e. The SMILES string of the molecule is COC(=O)CN(C)S(=O)(=O)c1cccnc1. The second-order valence-corrected chi connectivity index (χ2v) is 5.07. The van der Waals surface area contributed by atoms with Gasteiger partial charge in [-0.15, -0.1) is 0 Å². The van der Waals surface area contributed by atoms with Crippen molar-refractivity contribution in [1.82, 2.24) is 9.29 Å². The van der Waals surface area contributed by atoms with E-state index in [0.717, 1.165) is 4.31 Å². The third kappa shape index (κ3) is 2.77. The van der Waals surface area contributed by atoms with Crippen LogP contribution >= 0.6 is 0 Å². The molecule has 1 rings (SSSR count). The number of nitrogens with zero attached hydrogens (tertiary/aromatic N) is 2. The maximum Gasteiger partial charge on any atom is 0.321 e. The molecule has 1 heterocycles. The van der Waals surface area contributed by atoms with E-state index < -0.39 is 16.0 Å². The van der Waals surface area contributed by atoms with Crippen molar-refractivity contribution in [3.05, 3.63) is 24.5 Å². The van der Waals surface area contributed by atoms with E-state index in [0.29, 0.717) is 0 Å². The van der Waals surface area contributed by atoms with Crippen LogP contribution in [0.1, 0.15) is 0 Å². The Bertz CT molecular complexity index is 458. The number of pyridine rings is 1. The molecule has 88 valence electrons. The fraction of sp³-hybridized carbons (Fsp3) is 0.333. The van der Waals surface area contributed by atoms with Gasteiger partial charge in [0.1, 0.15) is 11.4 Å². The van der Waals surface area contributed by atoms with Gasteiger partial charge in [-0.05, 0) is 12.1 Å². The standard InChI is InChI=1S/C9H12N2O4S/c1-11(7-9(12)15-2)16(13,14)8-4-3-5-10-6-8/h3-6H,7H2,1-2H3. The van der Waals surface area contributed by atoms with Crippen molar-refractivity contribution in [2.45, 2.75) is 4.90 Å². The normalized spacial score (nSPS) is 11.4. The minimum absolute atomic E-state index is 0.0430. The lowest BCUT2D eigenvalue weighted by atomic mass is 10.5. The summed E-state index contributed by atoms with van der Waals surface area (Å²) in [6.07, 6.45) is 2.70. The smallest absolute Gasteiger partial charge is 0.321 e. The van der Waals surface area contributed by atoms with Gasteiger partial charge >= 0.3 is 5.97 Å². The van der Waals surface area contributed by atoms with Crippen LogP contribution in [0.2, 0.25) is 0 Å². The highest BCUT2D eigenvalue weighted by molar-refractivity contribution is 7.89. The summed E-state index contributed by atoms with van der Waals surface area (Å²) >= 11 is 0. The van der Waals surface area contributed by atoms with Gasteiger partial charge in [-0.3, -0.25) is 9.78 Å². The highest BCUT2D eigenvalue weighted by atomic mass is 32.2. The molecule has 0 saturated heterocycles. The van der Waals surface area contributed by atoms with E-state index in [1.807, 2.05) is 0 Å². The summed E-state index contributed by atoms with van der Waals surface area (Å²) in [6.45, 7) is -0.326. The number of rotatable bonds is 4. The molecule has 0 spiro atoms. The number of hydrogen-bond donors (Lipinski definition) is 0. The molecule has 0 aliphatic rings. The molecule has 7 heteroatoms. The fourth-order valence-electron chi connectivity index (χ4n) is 1.01. The van der Waals surface area contributed by atoms with Gasteiger partial charge in [0.25, 0.3) is 0 Å². The number of carbonyl (C=O) groups is 1. The van der Waals surface area contributed by atoms with Crippen molar-refractivity contribution in [2.75, 3.05) is 20.7 Å². The molecule has 0 bridgehead atoms. The zero-order valence-corrected chi connectivity index (χ0v) is 9.77. The summed E-state index contributed by atoms with van der Waals surface area (Å²) in [4.78, 5) is 14.7. The van der Waals surface area contributed by atoms with Crippen LogP contribution < -0.4 is 0 Å². The summed E-state index contributed by atoms with van der Waals surface area (Å²) in [5.41, 5.74) is 0. The lowest BCUT2D eigenvalue weighted by molar-refractivity contribution is -0.140. The molecule has 16 heavy (non-hydrogen) atoms. The molecule has 6 nitrogen and oxygen atoms in total. The molecule has 0 N–H and O–H groups in total. The number of hydrogen-bond acceptors (Lipinski definition) is 5. The van der Waals surface area contributed by atoms with Gasteiger partial charge in [0, 0.05) is 19.4 Å². The number of aromatic nitrogens is 1. The largest absolute Gasteiger partial charge is 0.468 e. The van der Waals surface area contributed by atoms with Crippen LogP contribution in [-0.2, 0) is 19.6 Å². The molecule has 0 atom stereocenters. The average molecular weight is 244 g/mol. The van der Waals surface area contributed by atoms with E-state index in [1.54, 1.807) is 0 Å². The van der Waals surface area contributed by atoms with Gasteiger partial charge in [-0.2, -0.15) is 4.31 Å². The molecule has 0 unspecified atom stereocenters. The average Bonchev–Trinajstić information content (AvgIpc) is 2.29. The van der Waals surface area contributed by atoms with Gasteiger partial charge in [0.15, 0.2) is 0 Å². The van der Waals surface area contributed by atoms with Gasteiger partial charge in [0.05, 0.1) is 7.11 Å². The first kappa shape index (κ1) is 12.6. The maximum atomic E-state index is 11.9. The van der Waals surface area contributed by atoms with E-state index >= 15 is 0 Å². The van der Waals surface area contributed by atoms with E-state index in [4.69, 9.17) is 0 Å². The van der Waals surface area contributed by atoms with Crippen molar-refractivity contribution in [3.8, 4) is 0 Å². The summed E-state index contributed by atoms with van der Waals surface area (Å²) in [5, 5.41) is 0. The Balaban J connectivity index is 2.91. The molecule has 0 radical (unpaired) electrons. The van der Waals surface area contributed by atoms with Crippen LogP contribution in [0.15, 0.2) is 29.4 Å². The number of sulfonamides is 1. The predicted molar refractivity (Wildman–Crippen MR) is 56.1 cm³/mol. The monoisotopic (exact) mass is 244 g/mol. The molecule has 0 saturated carbocycles. The van der Waals surface area contributed by atoms with E-state index in [2.05, 4.69) is 9.72 Å². The molecular formula is C9H12N2O4S. The number of ether oxygens (including phenoxy) is 1. The van der Waals surface area contributed by atoms with Crippen LogP contribution in [0.3, 0.4) is 0 Å². The number of carbonyl (C=O) groups excluding carboxylic acids is 1. The topological polar surface area (TPSA) is 76.6 Å². The Labute approximate surface area is 93.9 Å². The molecule has 1 aromatic heterocycles. The van der Waals surface area contributed by atoms with Gasteiger partial charge < -0.3 is 4.74 Å². The van der Waals surface area contributed by atoms with Crippen molar-refractivity contribution < 1.29 is 17.9 Å². The predicted octanol–water partition coefficient (Wildman–Crippen LogP) is -0.125. The van der Waals surface area contributed by atoms with Crippen LogP contribution in [0, 0.1) is 0 Å². The molecule has 0 fully saturated rings. The number of methoxy groups -OCH3 is 1. The first-order valence-electron chi connectivity index (χ1n) is 4.41. The lowest BCUT2D eigenvalue weighted by Crippen LogP contribution is -2.32. The number of esters is 1. The molecular weight excluding hydrogens is 232 g/mol. The molecule has 0 aliphatic heterocycles. The first-order valence-corrected chi connectivity index (χ1v) is 5.85. The highest BCUT2D eigenvalue weighted by Crippen LogP contribution is 2.11. The Morgan fingerprint density at radius 1 is 1.56 bits per heavy atom. The van der Waals surface area contributed by atoms with Crippen LogP contribution in [-0.4, -0.2) is 44.4 Å². The van der Waals surface area contributed by atoms with Gasteiger partial charge in [-0.1, -0.05) is 0 Å². The lowest BCUT2D eigenvalue weighted by Gasteiger charge is -2.15. The van der Waals surface area contributed by atoms with Crippen LogP contribution in [0.5, 0.6) is 0 Å². The first-order chi connectivity index (χ1) is 7.48. The van der Waals surface area contributed by atoms with Crippen molar-refractivity contribution >= 4 is 16.0 Å². The Morgan fingerprint density at radius 3 is 2.75 bits per heavy atom. The van der Waals surface area contributed by atoms with Crippen LogP contribution in [0.4, 0.5) is 0 Å². The summed E-state index contributed by atoms with van der Waals surface area (Å²) < 4.78 is 29.0. The molecule has 0 aromatic carbocycles. The third-order valence-corrected chi connectivity index (χ3v) is 3.71. The Hall–Kier alpha value is -1.47. The Morgan fingerprint density at radius 2 is 2.25 bits per heavy atom. The summed E-state index contributed by atoms with van der Waals surface area (Å²) in [6, 6.07) is 2.93. The second-order valence-electron chi connectivity index (χ2n) is 3.03. The molecule has 0 aliphatic carbocycles. The quantitative estimate of drug-likeness (QED) is 0.690.